The molecule has 0 unspecified atom stereocenters. The molecule has 15 heavy (non-hydrogen) atoms. The fraction of sp³-hybridized carbons (Fsp3) is 0.750. The molecule has 0 aromatic heterocycles. The van der Waals surface area contributed by atoms with Crippen LogP contribution >= 0.6 is 0 Å². The van der Waals surface area contributed by atoms with Crippen molar-refractivity contribution in [3.8, 4) is 11.5 Å². The Balaban J connectivity index is 4.17. The zero-order valence-corrected chi connectivity index (χ0v) is 11.4. The molecular weight excluding hydrogens is 204 g/mol. The number of hydrogen-bond acceptors (Lipinski definition) is 2. The lowest BCUT2D eigenvalue weighted by atomic mass is 10.3. The van der Waals surface area contributed by atoms with Crippen molar-refractivity contribution in [1.29, 1.82) is 0 Å². The summed E-state index contributed by atoms with van der Waals surface area (Å²) in [6, 6.07) is 3.64. The maximum Gasteiger partial charge on any atom is 0.306 e. The third-order valence-corrected chi connectivity index (χ3v) is 7.83. The minimum absolute atomic E-state index is 0.166. The molecule has 0 saturated heterocycles. The molecule has 0 rings (SSSR count). The summed E-state index contributed by atoms with van der Waals surface area (Å²) >= 11 is 0. The molecular formula is C12H22O2Si. The van der Waals surface area contributed by atoms with Gasteiger partial charge in [0.05, 0.1) is 13.5 Å². The Hall–Kier alpha value is -0.753. The summed E-state index contributed by atoms with van der Waals surface area (Å²) in [6.07, 6.45) is 1.06. The van der Waals surface area contributed by atoms with E-state index in [9.17, 15) is 4.79 Å². The standard InChI is InChI=1S/C12H22O2Si/c1-5-15(6-2,7-3)11-9-8-10-12(13)14-4/h5-8,10H2,1-4H3. The molecule has 0 heterocycles. The summed E-state index contributed by atoms with van der Waals surface area (Å²) in [5.41, 5.74) is 3.44. The molecule has 0 amide bonds. The molecule has 0 saturated carbocycles. The lowest BCUT2D eigenvalue weighted by Crippen LogP contribution is -2.29. The van der Waals surface area contributed by atoms with Gasteiger partial charge in [-0.25, -0.2) is 0 Å². The summed E-state index contributed by atoms with van der Waals surface area (Å²) in [7, 11) is 0.103. The van der Waals surface area contributed by atoms with Gasteiger partial charge in [0.15, 0.2) is 0 Å². The highest BCUT2D eigenvalue weighted by Gasteiger charge is 2.23. The second-order valence-electron chi connectivity index (χ2n) is 3.72. The van der Waals surface area contributed by atoms with Crippen molar-refractivity contribution in [2.24, 2.45) is 0 Å². The minimum Gasteiger partial charge on any atom is -0.469 e. The van der Waals surface area contributed by atoms with Gasteiger partial charge in [0.25, 0.3) is 0 Å². The van der Waals surface area contributed by atoms with E-state index in [1.54, 1.807) is 0 Å². The zero-order valence-electron chi connectivity index (χ0n) is 10.4. The fourth-order valence-electron chi connectivity index (χ4n) is 1.53. The Kier molecular flexibility index (Phi) is 7.15. The Morgan fingerprint density at radius 2 is 1.73 bits per heavy atom. The van der Waals surface area contributed by atoms with Crippen LogP contribution in [0.15, 0.2) is 0 Å². The predicted molar refractivity (Wildman–Crippen MR) is 66.2 cm³/mol. The maximum absolute atomic E-state index is 10.9. The number of rotatable bonds is 5. The van der Waals surface area contributed by atoms with Gasteiger partial charge in [-0.05, 0) is 18.1 Å². The Morgan fingerprint density at radius 1 is 1.20 bits per heavy atom. The van der Waals surface area contributed by atoms with Crippen LogP contribution < -0.4 is 0 Å². The summed E-state index contributed by atoms with van der Waals surface area (Å²) in [4.78, 5) is 10.9. The van der Waals surface area contributed by atoms with E-state index in [0.717, 1.165) is 0 Å². The quantitative estimate of drug-likeness (QED) is 0.409. The number of methoxy groups -OCH3 is 1. The molecule has 86 valence electrons. The van der Waals surface area contributed by atoms with Gasteiger partial charge in [0.2, 0.25) is 0 Å². The summed E-state index contributed by atoms with van der Waals surface area (Å²) in [6.45, 7) is 6.69. The van der Waals surface area contributed by atoms with E-state index < -0.39 is 8.07 Å². The first-order chi connectivity index (χ1) is 7.14. The third-order valence-electron chi connectivity index (χ3n) is 3.07. The molecule has 0 atom stereocenters. The minimum atomic E-state index is -1.31. The molecule has 0 spiro atoms. The molecule has 0 aliphatic carbocycles. The van der Waals surface area contributed by atoms with Crippen molar-refractivity contribution in [2.75, 3.05) is 7.11 Å². The molecule has 0 bridgehead atoms. The predicted octanol–water partition coefficient (Wildman–Crippen LogP) is 2.99. The number of carbonyl (C=O) groups is 1. The van der Waals surface area contributed by atoms with Crippen molar-refractivity contribution in [1.82, 2.24) is 0 Å². The largest absolute Gasteiger partial charge is 0.469 e. The summed E-state index contributed by atoms with van der Waals surface area (Å²) < 4.78 is 4.57. The highest BCUT2D eigenvalue weighted by atomic mass is 28.3. The van der Waals surface area contributed by atoms with Crippen molar-refractivity contribution in [3.05, 3.63) is 0 Å². The monoisotopic (exact) mass is 226 g/mol. The van der Waals surface area contributed by atoms with Gasteiger partial charge >= 0.3 is 5.97 Å². The van der Waals surface area contributed by atoms with E-state index >= 15 is 0 Å². The second-order valence-corrected chi connectivity index (χ2v) is 8.65. The Labute approximate surface area is 94.4 Å². The number of hydrogen-bond donors (Lipinski definition) is 0. The van der Waals surface area contributed by atoms with Gasteiger partial charge in [0.1, 0.15) is 8.07 Å². The van der Waals surface area contributed by atoms with Crippen molar-refractivity contribution in [3.63, 3.8) is 0 Å². The van der Waals surface area contributed by atoms with Crippen LogP contribution in [0.3, 0.4) is 0 Å². The van der Waals surface area contributed by atoms with Crippen LogP contribution in [0, 0.1) is 11.5 Å². The number of ether oxygens (including phenoxy) is 1. The van der Waals surface area contributed by atoms with Crippen LogP contribution in [-0.2, 0) is 9.53 Å². The van der Waals surface area contributed by atoms with Crippen LogP contribution in [0.4, 0.5) is 0 Å². The van der Waals surface area contributed by atoms with Gasteiger partial charge in [-0.15, -0.1) is 11.5 Å². The summed E-state index contributed by atoms with van der Waals surface area (Å²) in [5.74, 6) is 2.99. The SMILES string of the molecule is CC[Si](C#CCCC(=O)OC)(CC)CC. The first-order valence-electron chi connectivity index (χ1n) is 5.71. The smallest absolute Gasteiger partial charge is 0.306 e. The van der Waals surface area contributed by atoms with E-state index in [1.807, 2.05) is 0 Å². The molecule has 0 aromatic rings. The first kappa shape index (κ1) is 14.2. The zero-order chi connectivity index (χ0) is 11.7. The molecule has 0 radical (unpaired) electrons. The third kappa shape index (κ3) is 5.03. The lowest BCUT2D eigenvalue weighted by Gasteiger charge is -2.19. The van der Waals surface area contributed by atoms with E-state index in [0.29, 0.717) is 12.8 Å². The highest BCUT2D eigenvalue weighted by Crippen LogP contribution is 2.18. The van der Waals surface area contributed by atoms with Crippen LogP contribution in [-0.4, -0.2) is 21.2 Å². The van der Waals surface area contributed by atoms with Gasteiger partial charge in [-0.2, -0.15) is 0 Å². The summed E-state index contributed by atoms with van der Waals surface area (Å²) in [5, 5.41) is 0. The van der Waals surface area contributed by atoms with E-state index in [2.05, 4.69) is 37.0 Å². The maximum atomic E-state index is 10.9. The van der Waals surface area contributed by atoms with Crippen molar-refractivity contribution in [2.45, 2.75) is 51.7 Å². The molecule has 0 aliphatic rings. The van der Waals surface area contributed by atoms with Crippen LogP contribution in [0.5, 0.6) is 0 Å². The van der Waals surface area contributed by atoms with Crippen molar-refractivity contribution >= 4 is 14.0 Å². The van der Waals surface area contributed by atoms with E-state index in [1.165, 1.54) is 25.2 Å². The normalized spacial score (nSPS) is 10.4. The average Bonchev–Trinajstić information content (AvgIpc) is 2.30. The average molecular weight is 226 g/mol. The van der Waals surface area contributed by atoms with Crippen molar-refractivity contribution < 1.29 is 9.53 Å². The Bertz CT molecular complexity index is 238. The van der Waals surface area contributed by atoms with Gasteiger partial charge in [-0.1, -0.05) is 20.8 Å². The van der Waals surface area contributed by atoms with Crippen LogP contribution in [0.25, 0.3) is 0 Å². The molecule has 0 N–H and O–H groups in total. The van der Waals surface area contributed by atoms with Gasteiger partial charge in [-0.3, -0.25) is 4.79 Å². The molecule has 0 aromatic carbocycles. The van der Waals surface area contributed by atoms with E-state index in [-0.39, 0.29) is 5.97 Å². The number of esters is 1. The molecule has 0 aliphatic heterocycles. The number of carbonyl (C=O) groups excluding carboxylic acids is 1. The highest BCUT2D eigenvalue weighted by molar-refractivity contribution is 6.87. The second kappa shape index (κ2) is 7.53. The van der Waals surface area contributed by atoms with Crippen LogP contribution in [0.1, 0.15) is 33.6 Å². The van der Waals surface area contributed by atoms with Crippen LogP contribution in [0.2, 0.25) is 18.1 Å². The first-order valence-corrected chi connectivity index (χ1v) is 8.33. The Morgan fingerprint density at radius 3 is 2.13 bits per heavy atom. The molecule has 3 heteroatoms. The topological polar surface area (TPSA) is 26.3 Å². The van der Waals surface area contributed by atoms with Gasteiger partial charge in [0, 0.05) is 6.42 Å². The fourth-order valence-corrected chi connectivity index (χ4v) is 4.06. The van der Waals surface area contributed by atoms with E-state index in [4.69, 9.17) is 0 Å². The lowest BCUT2D eigenvalue weighted by molar-refractivity contribution is -0.140. The van der Waals surface area contributed by atoms with Gasteiger partial charge < -0.3 is 4.74 Å². The molecule has 0 fully saturated rings. The molecule has 2 nitrogen and oxygen atoms in total.